The Bertz CT molecular complexity index is 1100. The summed E-state index contributed by atoms with van der Waals surface area (Å²) in [4.78, 5) is 18.1. The van der Waals surface area contributed by atoms with Gasteiger partial charge in [-0.25, -0.2) is 35.9 Å². The van der Waals surface area contributed by atoms with Crippen LogP contribution in [-0.2, 0) is 45.7 Å². The Morgan fingerprint density at radius 2 is 1.21 bits per heavy atom. The largest absolute Gasteiger partial charge is 0.473 e. The molecule has 0 heterocycles. The minimum Gasteiger partial charge on any atom is -0.473 e. The first-order valence-electron chi connectivity index (χ1n) is 9.08. The Hall–Kier alpha value is -2.88. The van der Waals surface area contributed by atoms with Crippen LogP contribution in [0.25, 0.3) is 0 Å². The zero-order chi connectivity index (χ0) is 25.1. The number of carboxylic acids is 2. The van der Waals surface area contributed by atoms with Gasteiger partial charge in [-0.05, 0) is 29.8 Å². The van der Waals surface area contributed by atoms with Gasteiger partial charge < -0.3 is 19.7 Å². The summed E-state index contributed by atoms with van der Waals surface area (Å²) in [5, 5.41) is 14.8. The average Bonchev–Trinajstić information content (AvgIpc) is 2.79. The molecule has 0 atom stereocenters. The molecule has 0 aliphatic rings. The fourth-order valence-corrected chi connectivity index (χ4v) is 4.21. The average molecular weight is 505 g/mol. The highest BCUT2D eigenvalue weighted by Gasteiger charge is 2.19. The van der Waals surface area contributed by atoms with Gasteiger partial charge in [-0.1, -0.05) is 30.3 Å². The van der Waals surface area contributed by atoms with Crippen LogP contribution in [0.1, 0.15) is 5.56 Å². The first kappa shape index (κ1) is 28.2. The van der Waals surface area contributed by atoms with Crippen LogP contribution in [0.4, 0.5) is 0 Å². The maximum Gasteiger partial charge on any atom is 0.414 e. The molecule has 0 fully saturated rings. The van der Waals surface area contributed by atoms with E-state index in [1.54, 1.807) is 12.1 Å². The van der Waals surface area contributed by atoms with Crippen LogP contribution in [-0.4, -0.2) is 66.0 Å². The smallest absolute Gasteiger partial charge is 0.414 e. The molecule has 0 unspecified atom stereocenters. The first-order valence-corrected chi connectivity index (χ1v) is 12.0. The lowest BCUT2D eigenvalue weighted by atomic mass is 10.2. The zero-order valence-corrected chi connectivity index (χ0v) is 19.3. The Morgan fingerprint density at radius 1 is 0.788 bits per heavy atom. The van der Waals surface area contributed by atoms with Gasteiger partial charge in [-0.3, -0.25) is 0 Å². The summed E-state index contributed by atoms with van der Waals surface area (Å²) in [6.07, 6.45) is -0.721. The molecule has 2 aromatic carbocycles. The second-order valence-electron chi connectivity index (χ2n) is 6.14. The molecular weight excluding hydrogens is 480 g/mol. The van der Waals surface area contributed by atoms with Gasteiger partial charge in [-0.2, -0.15) is 0 Å². The Kier molecular flexibility index (Phi) is 11.1. The number of benzene rings is 2. The second kappa shape index (κ2) is 13.0. The number of ether oxygens (including phenoxy) is 2. The molecule has 0 amide bonds. The van der Waals surface area contributed by atoms with E-state index in [1.165, 1.54) is 38.5 Å². The molecule has 0 bridgehead atoms. The molecule has 2 aromatic rings. The maximum absolute atomic E-state index is 12.3. The molecule has 2 rings (SSSR count). The van der Waals surface area contributed by atoms with E-state index in [0.29, 0.717) is 0 Å². The minimum atomic E-state index is -3.82. The van der Waals surface area contributed by atoms with Gasteiger partial charge >= 0.3 is 11.9 Å². The third-order valence-corrected chi connectivity index (χ3v) is 6.76. The lowest BCUT2D eigenvalue weighted by molar-refractivity contribution is -0.159. The molecule has 0 aromatic heterocycles. The van der Waals surface area contributed by atoms with Crippen molar-refractivity contribution in [2.75, 3.05) is 20.8 Å². The molecule has 12 nitrogen and oxygen atoms in total. The van der Waals surface area contributed by atoms with Gasteiger partial charge in [0.15, 0.2) is 6.29 Å². The first-order chi connectivity index (χ1) is 15.4. The van der Waals surface area contributed by atoms with Crippen molar-refractivity contribution in [2.45, 2.75) is 22.6 Å². The van der Waals surface area contributed by atoms with Crippen molar-refractivity contribution in [1.82, 2.24) is 9.44 Å². The minimum absolute atomic E-state index is 0.0240. The predicted molar refractivity (Wildman–Crippen MR) is 115 cm³/mol. The van der Waals surface area contributed by atoms with Crippen molar-refractivity contribution < 1.29 is 46.1 Å². The predicted octanol–water partition coefficient (Wildman–Crippen LogP) is 0.218. The van der Waals surface area contributed by atoms with Gasteiger partial charge in [0.1, 0.15) is 0 Å². The molecule has 182 valence electrons. The summed E-state index contributed by atoms with van der Waals surface area (Å²) in [5.74, 6) is -3.65. The van der Waals surface area contributed by atoms with E-state index in [4.69, 9.17) is 29.3 Å². The topological polar surface area (TPSA) is 185 Å². The van der Waals surface area contributed by atoms with Crippen LogP contribution >= 0.6 is 0 Å². The number of carbonyl (C=O) groups is 2. The van der Waals surface area contributed by atoms with E-state index >= 15 is 0 Å². The number of aliphatic carboxylic acids is 2. The molecular formula is C19H24N2O10S2. The molecule has 33 heavy (non-hydrogen) atoms. The van der Waals surface area contributed by atoms with E-state index < -0.39 is 38.3 Å². The standard InChI is InChI=1S/C17H22N2O6S2.C2H2O4/c1-24-17(25-2)13-19-27(22,23)16-10-8-15(9-11-16)26(20,21)18-12-14-6-4-3-5-7-14;3-1(4)2(5)6/h3-11,17-19H,12-13H2,1-2H3;(H,3,4)(H,5,6). The monoisotopic (exact) mass is 504 g/mol. The van der Waals surface area contributed by atoms with Crippen LogP contribution in [0.15, 0.2) is 64.4 Å². The molecule has 0 saturated carbocycles. The molecule has 0 aliphatic carbocycles. The molecule has 0 radical (unpaired) electrons. The Morgan fingerprint density at radius 3 is 1.61 bits per heavy atom. The van der Waals surface area contributed by atoms with Crippen LogP contribution in [0.3, 0.4) is 0 Å². The van der Waals surface area contributed by atoms with Crippen molar-refractivity contribution in [1.29, 1.82) is 0 Å². The number of methoxy groups -OCH3 is 2. The summed E-state index contributed by atoms with van der Waals surface area (Å²) < 4.78 is 63.9. The van der Waals surface area contributed by atoms with Crippen molar-refractivity contribution in [3.63, 3.8) is 0 Å². The molecule has 0 aliphatic heterocycles. The molecule has 0 spiro atoms. The van der Waals surface area contributed by atoms with Gasteiger partial charge in [-0.15, -0.1) is 0 Å². The van der Waals surface area contributed by atoms with Crippen molar-refractivity contribution in [3.8, 4) is 0 Å². The summed E-state index contributed by atoms with van der Waals surface area (Å²) in [6.45, 7) is 0.0637. The van der Waals surface area contributed by atoms with Crippen LogP contribution in [0, 0.1) is 0 Å². The van der Waals surface area contributed by atoms with Gasteiger partial charge in [0.05, 0.1) is 16.3 Å². The zero-order valence-electron chi connectivity index (χ0n) is 17.7. The van der Waals surface area contributed by atoms with Crippen LogP contribution in [0.2, 0.25) is 0 Å². The fourth-order valence-electron chi connectivity index (χ4n) is 2.18. The Balaban J connectivity index is 0.000000801. The molecule has 4 N–H and O–H groups in total. The fraction of sp³-hybridized carbons (Fsp3) is 0.263. The van der Waals surface area contributed by atoms with Crippen molar-refractivity contribution in [3.05, 3.63) is 60.2 Å². The van der Waals surface area contributed by atoms with Crippen LogP contribution < -0.4 is 9.44 Å². The van der Waals surface area contributed by atoms with Gasteiger partial charge in [0, 0.05) is 20.8 Å². The normalized spacial score (nSPS) is 11.5. The van der Waals surface area contributed by atoms with Crippen molar-refractivity contribution >= 4 is 32.0 Å². The lowest BCUT2D eigenvalue weighted by Crippen LogP contribution is -2.34. The quantitative estimate of drug-likeness (QED) is 0.258. The summed E-state index contributed by atoms with van der Waals surface area (Å²) >= 11 is 0. The van der Waals surface area contributed by atoms with Crippen LogP contribution in [0.5, 0.6) is 0 Å². The third kappa shape index (κ3) is 9.65. The highest BCUT2D eigenvalue weighted by atomic mass is 32.2. The number of sulfonamides is 2. The number of hydrogen-bond donors (Lipinski definition) is 4. The van der Waals surface area contributed by atoms with E-state index in [1.807, 2.05) is 18.2 Å². The molecule has 0 saturated heterocycles. The van der Waals surface area contributed by atoms with E-state index in [0.717, 1.165) is 5.56 Å². The summed E-state index contributed by atoms with van der Waals surface area (Å²) in [7, 11) is -4.79. The Labute approximate surface area is 191 Å². The summed E-state index contributed by atoms with van der Waals surface area (Å²) in [5.41, 5.74) is 0.815. The second-order valence-corrected chi connectivity index (χ2v) is 9.68. The van der Waals surface area contributed by atoms with Crippen molar-refractivity contribution in [2.24, 2.45) is 0 Å². The van der Waals surface area contributed by atoms with Gasteiger partial charge in [0.25, 0.3) is 0 Å². The van der Waals surface area contributed by atoms with E-state index in [-0.39, 0.29) is 22.9 Å². The summed E-state index contributed by atoms with van der Waals surface area (Å²) in [6, 6.07) is 14.0. The maximum atomic E-state index is 12.3. The third-order valence-electron chi connectivity index (χ3n) is 3.90. The number of hydrogen-bond acceptors (Lipinski definition) is 8. The number of carboxylic acid groups (broad SMARTS) is 2. The van der Waals surface area contributed by atoms with Gasteiger partial charge in [0.2, 0.25) is 20.0 Å². The highest BCUT2D eigenvalue weighted by Crippen LogP contribution is 2.15. The molecule has 14 heteroatoms. The SMILES string of the molecule is COC(CNS(=O)(=O)c1ccc(S(=O)(=O)NCc2ccccc2)cc1)OC.O=C(O)C(=O)O. The lowest BCUT2D eigenvalue weighted by Gasteiger charge is -2.14. The van der Waals surface area contributed by atoms with E-state index in [2.05, 4.69) is 9.44 Å². The number of rotatable bonds is 10. The number of nitrogens with one attached hydrogen (secondary N) is 2. The highest BCUT2D eigenvalue weighted by molar-refractivity contribution is 7.90. The van der Waals surface area contributed by atoms with E-state index in [9.17, 15) is 16.8 Å².